The van der Waals surface area contributed by atoms with Crippen LogP contribution in [0.2, 0.25) is 0 Å². The van der Waals surface area contributed by atoms with Crippen LogP contribution in [0.5, 0.6) is 0 Å². The van der Waals surface area contributed by atoms with Crippen LogP contribution in [0.1, 0.15) is 11.1 Å². The molecule has 0 atom stereocenters. The van der Waals surface area contributed by atoms with E-state index in [0.29, 0.717) is 0 Å². The molecule has 92 valence electrons. The summed E-state index contributed by atoms with van der Waals surface area (Å²) in [7, 11) is -8.79. The summed E-state index contributed by atoms with van der Waals surface area (Å²) in [6, 6.07) is 1.96. The van der Waals surface area contributed by atoms with Gasteiger partial charge in [-0.1, -0.05) is 0 Å². The second-order valence-electron chi connectivity index (χ2n) is 3.34. The van der Waals surface area contributed by atoms with Gasteiger partial charge in [0.15, 0.2) is 0 Å². The van der Waals surface area contributed by atoms with E-state index in [0.717, 1.165) is 12.1 Å². The topological polar surface area (TPSA) is 109 Å². The summed E-state index contributed by atoms with van der Waals surface area (Å²) in [4.78, 5) is -0.755. The minimum absolute atomic E-state index is 0. The van der Waals surface area contributed by atoms with Crippen molar-refractivity contribution in [3.05, 3.63) is 23.3 Å². The molecule has 0 saturated carbocycles. The van der Waals surface area contributed by atoms with E-state index in [2.05, 4.69) is 0 Å². The average molecular weight is 274 g/mol. The number of rotatable bonds is 2. The van der Waals surface area contributed by atoms with E-state index >= 15 is 0 Å². The Labute approximate surface area is 112 Å². The van der Waals surface area contributed by atoms with Gasteiger partial charge in [-0.15, -0.1) is 0 Å². The van der Waals surface area contributed by atoms with Crippen molar-refractivity contribution in [3.63, 3.8) is 0 Å². The van der Waals surface area contributed by atoms with Gasteiger partial charge in [0.25, 0.3) is 20.2 Å². The first-order valence-corrected chi connectivity index (χ1v) is 6.97. The minimum atomic E-state index is -4.40. The van der Waals surface area contributed by atoms with Crippen molar-refractivity contribution in [1.29, 1.82) is 0 Å². The number of aryl methyl sites for hydroxylation is 2. The third-order valence-electron chi connectivity index (χ3n) is 1.99. The third kappa shape index (κ3) is 3.81. The van der Waals surface area contributed by atoms with Gasteiger partial charge in [-0.05, 0) is 37.1 Å². The van der Waals surface area contributed by atoms with Gasteiger partial charge in [0.2, 0.25) is 0 Å². The Kier molecular flexibility index (Phi) is 4.99. The number of benzene rings is 1. The van der Waals surface area contributed by atoms with Crippen LogP contribution in [-0.4, -0.2) is 44.8 Å². The van der Waals surface area contributed by atoms with Crippen molar-refractivity contribution >= 4 is 39.1 Å². The standard InChI is InChI=1S/C8H10O6S2.Li.H/c1-5-3-7(15(9,10)11)4-6(2)8(5)16(12,13)14;;/h3-4H,1-2H3,(H,9,10,11)(H,12,13,14);;. The van der Waals surface area contributed by atoms with E-state index in [-0.39, 0.29) is 34.9 Å². The van der Waals surface area contributed by atoms with E-state index in [1.165, 1.54) is 13.8 Å². The van der Waals surface area contributed by atoms with Gasteiger partial charge in [0, 0.05) is 0 Å². The summed E-state index contributed by atoms with van der Waals surface area (Å²) in [6.07, 6.45) is 0. The Morgan fingerprint density at radius 1 is 0.882 bits per heavy atom. The third-order valence-corrected chi connectivity index (χ3v) is 3.98. The van der Waals surface area contributed by atoms with Gasteiger partial charge in [0.05, 0.1) is 9.79 Å². The molecule has 17 heavy (non-hydrogen) atoms. The van der Waals surface area contributed by atoms with Gasteiger partial charge >= 0.3 is 18.9 Å². The molecule has 0 amide bonds. The molecule has 9 heteroatoms. The van der Waals surface area contributed by atoms with E-state index < -0.39 is 25.1 Å². The molecule has 0 aliphatic heterocycles. The Morgan fingerprint density at radius 2 is 1.24 bits per heavy atom. The van der Waals surface area contributed by atoms with Crippen molar-refractivity contribution in [2.45, 2.75) is 23.6 Å². The second-order valence-corrected chi connectivity index (χ2v) is 6.12. The molecule has 2 N–H and O–H groups in total. The summed E-state index contributed by atoms with van der Waals surface area (Å²) >= 11 is 0. The van der Waals surface area contributed by atoms with E-state index in [4.69, 9.17) is 9.11 Å². The molecular formula is C8H11LiO6S2. The SMILES string of the molecule is Cc1cc(S(=O)(=O)O)cc(C)c1S(=O)(=O)O.[LiH]. The van der Waals surface area contributed by atoms with Crippen LogP contribution in [-0.2, 0) is 20.2 Å². The molecular weight excluding hydrogens is 263 g/mol. The Hall–Kier alpha value is -0.363. The van der Waals surface area contributed by atoms with Crippen molar-refractivity contribution in [2.24, 2.45) is 0 Å². The molecule has 1 rings (SSSR count). The van der Waals surface area contributed by atoms with Crippen molar-refractivity contribution in [1.82, 2.24) is 0 Å². The maximum atomic E-state index is 11.0. The van der Waals surface area contributed by atoms with Crippen LogP contribution < -0.4 is 0 Å². The normalized spacial score (nSPS) is 12.0. The zero-order valence-corrected chi connectivity index (χ0v) is 10.1. The van der Waals surface area contributed by atoms with E-state index in [9.17, 15) is 16.8 Å². The van der Waals surface area contributed by atoms with Crippen LogP contribution in [0.4, 0.5) is 0 Å². The Balaban J connectivity index is 0.00000256. The molecule has 0 aliphatic rings. The van der Waals surface area contributed by atoms with Crippen LogP contribution in [0.15, 0.2) is 21.9 Å². The van der Waals surface area contributed by atoms with Gasteiger partial charge < -0.3 is 0 Å². The molecule has 0 unspecified atom stereocenters. The van der Waals surface area contributed by atoms with E-state index in [1.807, 2.05) is 0 Å². The number of hydrogen-bond donors (Lipinski definition) is 2. The van der Waals surface area contributed by atoms with Crippen molar-refractivity contribution < 1.29 is 25.9 Å². The molecule has 1 aromatic carbocycles. The molecule has 0 saturated heterocycles. The first kappa shape index (κ1) is 16.6. The molecule has 0 bridgehead atoms. The van der Waals surface area contributed by atoms with Crippen molar-refractivity contribution in [3.8, 4) is 0 Å². The monoisotopic (exact) mass is 274 g/mol. The summed E-state index contributed by atoms with van der Waals surface area (Å²) in [6.45, 7) is 2.65. The zero-order valence-electron chi connectivity index (χ0n) is 8.50. The molecule has 0 radical (unpaired) electrons. The van der Waals surface area contributed by atoms with Crippen molar-refractivity contribution in [2.75, 3.05) is 0 Å². The molecule has 0 fully saturated rings. The van der Waals surface area contributed by atoms with Gasteiger partial charge in [-0.25, -0.2) is 0 Å². The zero-order chi connectivity index (χ0) is 12.7. The summed E-state index contributed by atoms with van der Waals surface area (Å²) in [5.74, 6) is 0. The average Bonchev–Trinajstić information content (AvgIpc) is 1.97. The molecule has 0 heterocycles. The fourth-order valence-corrected chi connectivity index (χ4v) is 3.05. The molecule has 0 spiro atoms. The van der Waals surface area contributed by atoms with E-state index in [1.54, 1.807) is 0 Å². The first-order valence-electron chi connectivity index (χ1n) is 4.09. The second kappa shape index (κ2) is 5.10. The first-order chi connectivity index (χ1) is 7.03. The predicted molar refractivity (Wildman–Crippen MR) is 62.7 cm³/mol. The van der Waals surface area contributed by atoms with Crippen LogP contribution in [0.3, 0.4) is 0 Å². The molecule has 1 aromatic rings. The Bertz CT molecular complexity index is 609. The fourth-order valence-electron chi connectivity index (χ4n) is 1.47. The Morgan fingerprint density at radius 3 is 1.47 bits per heavy atom. The van der Waals surface area contributed by atoms with Crippen LogP contribution in [0, 0.1) is 13.8 Å². The molecule has 0 aromatic heterocycles. The quantitative estimate of drug-likeness (QED) is 0.587. The fraction of sp³-hybridized carbons (Fsp3) is 0.250. The van der Waals surface area contributed by atoms with Gasteiger partial charge in [-0.3, -0.25) is 9.11 Å². The predicted octanol–water partition coefficient (Wildman–Crippen LogP) is 0.148. The van der Waals surface area contributed by atoms with Crippen LogP contribution >= 0.6 is 0 Å². The van der Waals surface area contributed by atoms with Gasteiger partial charge in [-0.2, -0.15) is 16.8 Å². The summed E-state index contributed by atoms with van der Waals surface area (Å²) in [5, 5.41) is 0. The maximum absolute atomic E-state index is 11.0. The van der Waals surface area contributed by atoms with Gasteiger partial charge in [0.1, 0.15) is 0 Å². The number of hydrogen-bond acceptors (Lipinski definition) is 4. The van der Waals surface area contributed by atoms with Crippen LogP contribution in [0.25, 0.3) is 0 Å². The molecule has 0 aliphatic carbocycles. The molecule has 6 nitrogen and oxygen atoms in total. The summed E-state index contributed by atoms with van der Waals surface area (Å²) in [5.41, 5.74) is 0.102. The summed E-state index contributed by atoms with van der Waals surface area (Å²) < 4.78 is 61.3.